The molecule has 0 radical (unpaired) electrons. The zero-order chi connectivity index (χ0) is 20.8. The highest BCUT2D eigenvalue weighted by Crippen LogP contribution is 2.23. The van der Waals surface area contributed by atoms with Crippen molar-refractivity contribution in [3.05, 3.63) is 68.7 Å². The van der Waals surface area contributed by atoms with Gasteiger partial charge in [-0.15, -0.1) is 0 Å². The molecule has 0 aromatic heterocycles. The van der Waals surface area contributed by atoms with Crippen molar-refractivity contribution in [1.82, 2.24) is 10.2 Å². The maximum Gasteiger partial charge on any atom is 0.242 e. The average molecular weight is 442 g/mol. The summed E-state index contributed by atoms with van der Waals surface area (Å²) < 4.78 is 0. The van der Waals surface area contributed by atoms with Gasteiger partial charge in [0.2, 0.25) is 11.8 Å². The van der Waals surface area contributed by atoms with Crippen LogP contribution in [0.25, 0.3) is 0 Å². The lowest BCUT2D eigenvalue weighted by Gasteiger charge is -2.29. The van der Waals surface area contributed by atoms with E-state index < -0.39 is 6.04 Å². The Balaban J connectivity index is 2.27. The van der Waals surface area contributed by atoms with Crippen molar-refractivity contribution in [3.8, 4) is 0 Å². The van der Waals surface area contributed by atoms with E-state index in [1.54, 1.807) is 37.3 Å². The third-order valence-corrected chi connectivity index (χ3v) is 5.02. The number of nitrogens with zero attached hydrogens (tertiary/aromatic N) is 1. The monoisotopic (exact) mass is 440 g/mol. The predicted molar refractivity (Wildman–Crippen MR) is 115 cm³/mol. The summed E-state index contributed by atoms with van der Waals surface area (Å²) in [7, 11) is 0. The summed E-state index contributed by atoms with van der Waals surface area (Å²) >= 11 is 18.2. The van der Waals surface area contributed by atoms with Crippen molar-refractivity contribution in [2.24, 2.45) is 0 Å². The number of benzene rings is 2. The van der Waals surface area contributed by atoms with E-state index in [-0.39, 0.29) is 30.8 Å². The van der Waals surface area contributed by atoms with Gasteiger partial charge in [-0.2, -0.15) is 0 Å². The van der Waals surface area contributed by atoms with Gasteiger partial charge in [-0.3, -0.25) is 9.59 Å². The van der Waals surface area contributed by atoms with Gasteiger partial charge in [0.1, 0.15) is 6.04 Å². The molecule has 150 valence electrons. The van der Waals surface area contributed by atoms with Crippen LogP contribution in [0.5, 0.6) is 0 Å². The Labute approximate surface area is 180 Å². The molecule has 0 aliphatic heterocycles. The molecule has 0 saturated heterocycles. The van der Waals surface area contributed by atoms with Crippen LogP contribution in [0.15, 0.2) is 42.5 Å². The third-order valence-electron chi connectivity index (χ3n) is 4.20. The van der Waals surface area contributed by atoms with E-state index in [9.17, 15) is 9.59 Å². The van der Waals surface area contributed by atoms with Crippen LogP contribution in [0.4, 0.5) is 0 Å². The summed E-state index contributed by atoms with van der Waals surface area (Å²) in [5.74, 6) is -0.428. The van der Waals surface area contributed by atoms with Crippen molar-refractivity contribution < 1.29 is 9.59 Å². The molecule has 4 nitrogen and oxygen atoms in total. The van der Waals surface area contributed by atoms with Crippen LogP contribution >= 0.6 is 34.8 Å². The van der Waals surface area contributed by atoms with Gasteiger partial charge in [-0.25, -0.2) is 0 Å². The number of hydrogen-bond donors (Lipinski definition) is 1. The Hall–Kier alpha value is -1.75. The second kappa shape index (κ2) is 10.1. The smallest absolute Gasteiger partial charge is 0.242 e. The van der Waals surface area contributed by atoms with Gasteiger partial charge in [0.15, 0.2) is 0 Å². The fraction of sp³-hybridized carbons (Fsp3) is 0.333. The van der Waals surface area contributed by atoms with Gasteiger partial charge in [0, 0.05) is 27.7 Å². The Morgan fingerprint density at radius 2 is 1.68 bits per heavy atom. The first kappa shape index (κ1) is 22.5. The van der Waals surface area contributed by atoms with E-state index in [2.05, 4.69) is 5.32 Å². The normalized spacial score (nSPS) is 12.0. The van der Waals surface area contributed by atoms with Crippen molar-refractivity contribution in [2.75, 3.05) is 0 Å². The van der Waals surface area contributed by atoms with E-state index >= 15 is 0 Å². The van der Waals surface area contributed by atoms with Gasteiger partial charge in [-0.05, 0) is 56.2 Å². The fourth-order valence-electron chi connectivity index (χ4n) is 2.75. The largest absolute Gasteiger partial charge is 0.352 e. The first-order valence-corrected chi connectivity index (χ1v) is 10.1. The molecule has 0 aliphatic carbocycles. The fourth-order valence-corrected chi connectivity index (χ4v) is 3.44. The van der Waals surface area contributed by atoms with Crippen molar-refractivity contribution in [2.45, 2.75) is 45.8 Å². The number of carbonyl (C=O) groups excluding carboxylic acids is 2. The van der Waals surface area contributed by atoms with Gasteiger partial charge >= 0.3 is 0 Å². The molecule has 0 fully saturated rings. The van der Waals surface area contributed by atoms with E-state index in [1.165, 1.54) is 4.90 Å². The Morgan fingerprint density at radius 1 is 1.00 bits per heavy atom. The van der Waals surface area contributed by atoms with Gasteiger partial charge < -0.3 is 10.2 Å². The summed E-state index contributed by atoms with van der Waals surface area (Å²) in [6.07, 6.45) is 0.0653. The molecule has 1 atom stereocenters. The molecule has 2 aromatic rings. The standard InChI is InChI=1S/C21H23Cl3N2O2/c1-13(2)25-21(28)14(3)26(12-15-5-4-6-17(22)9-15)20(27)10-16-7-8-18(23)11-19(16)24/h4-9,11,13-14H,10,12H2,1-3H3,(H,25,28). The lowest BCUT2D eigenvalue weighted by atomic mass is 10.1. The molecule has 1 unspecified atom stereocenters. The molecule has 0 spiro atoms. The maximum absolute atomic E-state index is 13.1. The second-order valence-electron chi connectivity index (χ2n) is 6.90. The number of rotatable bonds is 7. The topological polar surface area (TPSA) is 49.4 Å². The first-order valence-electron chi connectivity index (χ1n) is 8.95. The molecule has 2 amide bonds. The van der Waals surface area contributed by atoms with Gasteiger partial charge in [0.25, 0.3) is 0 Å². The highest BCUT2D eigenvalue weighted by Gasteiger charge is 2.27. The third kappa shape index (κ3) is 6.40. The molecule has 0 saturated carbocycles. The van der Waals surface area contributed by atoms with Crippen molar-refractivity contribution >= 4 is 46.6 Å². The molecular formula is C21H23Cl3N2O2. The molecule has 0 aliphatic rings. The molecule has 1 N–H and O–H groups in total. The summed E-state index contributed by atoms with van der Waals surface area (Å²) in [5.41, 5.74) is 1.50. The first-order chi connectivity index (χ1) is 13.2. The second-order valence-corrected chi connectivity index (χ2v) is 8.18. The van der Waals surface area contributed by atoms with Crippen LogP contribution in [0.1, 0.15) is 31.9 Å². The van der Waals surface area contributed by atoms with Crippen LogP contribution in [-0.4, -0.2) is 28.8 Å². The Kier molecular flexibility index (Phi) is 8.17. The molecule has 0 bridgehead atoms. The zero-order valence-corrected chi connectivity index (χ0v) is 18.3. The van der Waals surface area contributed by atoms with E-state index in [1.807, 2.05) is 26.0 Å². The molecular weight excluding hydrogens is 419 g/mol. The molecule has 0 heterocycles. The SMILES string of the molecule is CC(C)NC(=O)C(C)N(Cc1cccc(Cl)c1)C(=O)Cc1ccc(Cl)cc1Cl. The van der Waals surface area contributed by atoms with Crippen molar-refractivity contribution in [3.63, 3.8) is 0 Å². The Bertz CT molecular complexity index is 855. The Morgan fingerprint density at radius 3 is 2.29 bits per heavy atom. The van der Waals surface area contributed by atoms with Crippen LogP contribution in [0, 0.1) is 0 Å². The van der Waals surface area contributed by atoms with Crippen molar-refractivity contribution in [1.29, 1.82) is 0 Å². The van der Waals surface area contributed by atoms with E-state index in [4.69, 9.17) is 34.8 Å². The highest BCUT2D eigenvalue weighted by molar-refractivity contribution is 6.35. The van der Waals surface area contributed by atoms with Crippen LogP contribution in [-0.2, 0) is 22.6 Å². The van der Waals surface area contributed by atoms with Gasteiger partial charge in [0.05, 0.1) is 6.42 Å². The van der Waals surface area contributed by atoms with Gasteiger partial charge in [-0.1, -0.05) is 53.0 Å². The summed E-state index contributed by atoms with van der Waals surface area (Å²) in [6, 6.07) is 11.6. The number of nitrogens with one attached hydrogen (secondary N) is 1. The average Bonchev–Trinajstić information content (AvgIpc) is 2.61. The summed E-state index contributed by atoms with van der Waals surface area (Å²) in [5, 5.41) is 4.35. The molecule has 7 heteroatoms. The minimum Gasteiger partial charge on any atom is -0.352 e. The van der Waals surface area contributed by atoms with Crippen LogP contribution in [0.2, 0.25) is 15.1 Å². The molecule has 2 aromatic carbocycles. The maximum atomic E-state index is 13.1. The van der Waals surface area contributed by atoms with E-state index in [0.717, 1.165) is 5.56 Å². The van der Waals surface area contributed by atoms with E-state index in [0.29, 0.717) is 20.6 Å². The number of halogens is 3. The predicted octanol–water partition coefficient (Wildman–Crippen LogP) is 5.13. The van der Waals surface area contributed by atoms with Crippen LogP contribution < -0.4 is 5.32 Å². The zero-order valence-electron chi connectivity index (χ0n) is 16.0. The van der Waals surface area contributed by atoms with Crippen LogP contribution in [0.3, 0.4) is 0 Å². The lowest BCUT2D eigenvalue weighted by Crippen LogP contribution is -2.49. The quantitative estimate of drug-likeness (QED) is 0.647. The number of hydrogen-bond acceptors (Lipinski definition) is 2. The number of carbonyl (C=O) groups is 2. The summed E-state index contributed by atoms with van der Waals surface area (Å²) in [6.45, 7) is 5.73. The molecule has 28 heavy (non-hydrogen) atoms. The lowest BCUT2D eigenvalue weighted by molar-refractivity contribution is -0.140. The number of amides is 2. The highest BCUT2D eigenvalue weighted by atomic mass is 35.5. The molecule has 2 rings (SSSR count). The minimum atomic E-state index is -0.653. The minimum absolute atomic E-state index is 0.0243. The summed E-state index contributed by atoms with van der Waals surface area (Å²) in [4.78, 5) is 27.2.